The normalized spacial score (nSPS) is 15.6. The van der Waals surface area contributed by atoms with E-state index in [0.29, 0.717) is 21.9 Å². The number of fused-ring (bicyclic) bond motifs is 2. The van der Waals surface area contributed by atoms with Gasteiger partial charge in [0, 0.05) is 77.7 Å². The molecule has 4 saturated carbocycles. The number of unbranched alkanes of at least 4 members (excludes halogenated alkanes) is 7. The van der Waals surface area contributed by atoms with Gasteiger partial charge in [0.25, 0.3) is 0 Å². The van der Waals surface area contributed by atoms with Crippen LogP contribution in [0, 0.1) is 38.9 Å². The van der Waals surface area contributed by atoms with Crippen LogP contribution in [0.25, 0.3) is 0 Å². The Labute approximate surface area is 887 Å². The lowest BCUT2D eigenvalue weighted by atomic mass is 9.67. The second-order valence-electron chi connectivity index (χ2n) is 35.8. The van der Waals surface area contributed by atoms with Crippen LogP contribution in [0.3, 0.4) is 0 Å². The molecular weight excluding hydrogens is 1640 g/mol. The van der Waals surface area contributed by atoms with E-state index in [0.717, 1.165) is 48.6 Å². The van der Waals surface area contributed by atoms with Gasteiger partial charge >= 0.3 is 0 Å². The summed E-state index contributed by atoms with van der Waals surface area (Å²) < 4.78 is 0. The van der Waals surface area contributed by atoms with Crippen molar-refractivity contribution >= 4 is 20.2 Å². The molecule has 0 unspecified atom stereocenters. The van der Waals surface area contributed by atoms with E-state index in [1.165, 1.54) is 226 Å². The lowest BCUT2D eigenvalue weighted by Gasteiger charge is -2.39. The fourth-order valence-corrected chi connectivity index (χ4v) is 11.6. The standard InChI is InChI=1S/C10H20.C9H19N.C9H16.C8H12.C6H16Si.C6H12.C6H10.2C5H10N2.C5H13N.C5H10.C5H12.3C4H10.4C2H6.28CH4/c1-9(2)5-7-10(3,4)8-6-9;1-8(2)6-7-9(3,4)10(8)5;1-8-3-5-9(2,7-8)6-4-8;1-7-3-5-8(2)6-4-7;1-4-5-6-7(2)3;1-5(2)6(3)4;1-3-5-6-4-2;2*1-5-3-4-7(2)6-5;1-4-5-6(2)3;1-5(2)3-4-5;1-3-5-4-2;3*1-3-4-2;4*1-2;;;;;;;;;;;;;;;;;;;;;;;;;;;;/h5-8H2,1-4H3;6-7H2,1-5H3;3-7H2,1-2H3;3,5H,4,6H2,1-2H3;7H,4-6H2,1-3H3;1-4H3;3,5H2,1-2H3;2*3-4H2,1-2H3;4-5H2,1-3H3;3-4H2,1-2H3;3-5H2,1-2H3;3*3-4H2,1-2H3;4*1-2H3;28*1H4. The van der Waals surface area contributed by atoms with Crippen molar-refractivity contribution in [1.29, 1.82) is 0 Å². The molecule has 0 aromatic carbocycles. The first-order valence-electron chi connectivity index (χ1n) is 45.4. The van der Waals surface area contributed by atoms with Crippen molar-refractivity contribution in [2.24, 2.45) is 37.3 Å². The van der Waals surface area contributed by atoms with Crippen LogP contribution in [0.4, 0.5) is 0 Å². The number of hydrogen-bond acceptors (Lipinski definition) is 6. The van der Waals surface area contributed by atoms with Crippen LogP contribution in [0.1, 0.15) is 684 Å². The second-order valence-corrected chi connectivity index (χ2v) is 39.2. The molecule has 2 bridgehead atoms. The molecule has 6 nitrogen and oxygen atoms in total. The van der Waals surface area contributed by atoms with Gasteiger partial charge in [0.2, 0.25) is 0 Å². The molecule has 0 N–H and O–H groups in total. The third kappa shape index (κ3) is 204. The molecule has 0 radical (unpaired) electrons. The Morgan fingerprint density at radius 1 is 0.336 bits per heavy atom. The van der Waals surface area contributed by atoms with E-state index in [4.69, 9.17) is 0 Å². The summed E-state index contributed by atoms with van der Waals surface area (Å²) in [7, 11) is 10.2. The summed E-state index contributed by atoms with van der Waals surface area (Å²) in [5.41, 5.74) is 12.8. The number of hydrogen-bond donors (Lipinski definition) is 0. The van der Waals surface area contributed by atoms with Gasteiger partial charge in [-0.3, -0.25) is 14.9 Å². The van der Waals surface area contributed by atoms with E-state index in [1.807, 2.05) is 86.4 Å². The molecule has 8 aliphatic rings. The minimum absolute atomic E-state index is 0. The number of hydrazone groups is 2. The van der Waals surface area contributed by atoms with Gasteiger partial charge in [-0.2, -0.15) is 10.2 Å². The Bertz CT molecular complexity index is 1880. The summed E-state index contributed by atoms with van der Waals surface area (Å²) in [6.45, 7) is 95.5. The Kier molecular flexibility index (Phi) is 333. The van der Waals surface area contributed by atoms with E-state index in [-0.39, 0.29) is 217 Å². The summed E-state index contributed by atoms with van der Waals surface area (Å²) in [4.78, 5) is 4.67. The first-order valence-corrected chi connectivity index (χ1v) is 48.6. The molecule has 8 rings (SSSR count). The minimum atomic E-state index is -0.188. The van der Waals surface area contributed by atoms with Gasteiger partial charge in [0.15, 0.2) is 0 Å². The predicted molar refractivity (Wildman–Crippen MR) is 697 cm³/mol. The fourth-order valence-electron chi connectivity index (χ4n) is 10.4. The van der Waals surface area contributed by atoms with Crippen molar-refractivity contribution in [3.8, 4) is 11.8 Å². The maximum Gasteiger partial charge on any atom is 0.0409 e. The van der Waals surface area contributed by atoms with E-state index in [2.05, 4.69) is 293 Å². The smallest absolute Gasteiger partial charge is 0.0409 e. The highest BCUT2D eigenvalue weighted by Crippen LogP contribution is 2.61. The second kappa shape index (κ2) is 170. The molecule has 3 heterocycles. The molecule has 3 aliphatic heterocycles. The van der Waals surface area contributed by atoms with Gasteiger partial charge in [-0.05, 0) is 254 Å². The average Bonchev–Trinajstić information content (AvgIpc) is 1.63. The molecule has 0 aromatic rings. The lowest BCUT2D eigenvalue weighted by molar-refractivity contribution is 0.115. The highest BCUT2D eigenvalue weighted by atomic mass is 28.3. The molecule has 5 fully saturated rings. The van der Waals surface area contributed by atoms with Crippen LogP contribution in [0.15, 0.2) is 44.6 Å². The van der Waals surface area contributed by atoms with Crippen LogP contribution >= 0.6 is 0 Å². The first-order chi connectivity index (χ1) is 49.2. The quantitative estimate of drug-likeness (QED) is 0.117. The third-order valence-electron chi connectivity index (χ3n) is 20.3. The van der Waals surface area contributed by atoms with E-state index >= 15 is 0 Å². The molecule has 0 aromatic heterocycles. The SMILES string of the molecule is C.C.C.C.C.C.C.C.C.C.C.C.C.C.C.C.C.C.C.C.C.C.C.C.C.C.C.C.CC.CC.CC.CC.CC#CCCC.CC(C)=C(C)C.CC1(C)CC1.CC1(C)CCC(C)(C)CC1.CC12CCC(C)(CC1)C2.CC1=CC=C(C)CC1.CC1=NN(C)CC1.CC1=NN(C)CC1.CCCC.CCCC.CCCC.CCCCC.CCCC[SiH](C)C.CCCN(C)C.CN1C(C)(C)CCC1(C)C. The summed E-state index contributed by atoms with van der Waals surface area (Å²) in [6.07, 6.45) is 46.3. The molecule has 134 heavy (non-hydrogen) atoms. The maximum atomic E-state index is 4.14. The number of nitrogens with zero attached hydrogens (tertiary/aromatic N) is 6. The molecule has 868 valence electrons. The van der Waals surface area contributed by atoms with Gasteiger partial charge < -0.3 is 4.90 Å². The van der Waals surface area contributed by atoms with Crippen LogP contribution in [-0.2, 0) is 0 Å². The summed E-state index contributed by atoms with van der Waals surface area (Å²) in [5, 5.41) is 12.2. The third-order valence-corrected chi connectivity index (χ3v) is 21.9. The number of rotatable bonds is 11. The number of likely N-dealkylation sites (tertiary alicyclic amines) is 1. The summed E-state index contributed by atoms with van der Waals surface area (Å²) >= 11 is 0. The van der Waals surface area contributed by atoms with Crippen molar-refractivity contribution in [2.75, 3.05) is 54.9 Å². The minimum Gasteiger partial charge on any atom is -0.309 e. The van der Waals surface area contributed by atoms with Gasteiger partial charge in [-0.1, -0.05) is 519 Å². The molecule has 0 amide bonds. The van der Waals surface area contributed by atoms with E-state index in [1.54, 1.807) is 0 Å². The Morgan fingerprint density at radius 3 is 0.627 bits per heavy atom. The van der Waals surface area contributed by atoms with Gasteiger partial charge in [0.05, 0.1) is 0 Å². The molecular formula is C127H326N6Si. The Morgan fingerprint density at radius 2 is 0.560 bits per heavy atom. The van der Waals surface area contributed by atoms with Crippen LogP contribution in [0.2, 0.25) is 19.1 Å². The number of allylic oxidation sites excluding steroid dienone is 6. The van der Waals surface area contributed by atoms with Crippen molar-refractivity contribution < 1.29 is 0 Å². The average molecular weight is 1970 g/mol. The Balaban J connectivity index is -0.0000000192. The van der Waals surface area contributed by atoms with Gasteiger partial charge in [0.1, 0.15) is 0 Å². The van der Waals surface area contributed by atoms with Crippen LogP contribution in [-0.4, -0.2) is 106 Å². The highest BCUT2D eigenvalue weighted by molar-refractivity contribution is 6.55. The molecule has 0 atom stereocenters. The zero-order valence-electron chi connectivity index (χ0n) is 83.7. The zero-order valence-corrected chi connectivity index (χ0v) is 84.8. The van der Waals surface area contributed by atoms with Crippen molar-refractivity contribution in [3.63, 3.8) is 0 Å². The maximum absolute atomic E-state index is 4.14. The van der Waals surface area contributed by atoms with Crippen molar-refractivity contribution in [3.05, 3.63) is 34.4 Å². The fraction of sp³-hybridized carbons (Fsp3) is 0.921. The molecule has 1 saturated heterocycles. The van der Waals surface area contributed by atoms with E-state index in [9.17, 15) is 0 Å². The van der Waals surface area contributed by atoms with Crippen molar-refractivity contribution in [2.45, 2.75) is 714 Å². The highest BCUT2D eigenvalue weighted by Gasteiger charge is 2.48. The van der Waals surface area contributed by atoms with Crippen LogP contribution in [0.5, 0.6) is 0 Å². The monoisotopic (exact) mass is 1960 g/mol. The van der Waals surface area contributed by atoms with Crippen LogP contribution < -0.4 is 0 Å². The van der Waals surface area contributed by atoms with Gasteiger partial charge in [-0.25, -0.2) is 0 Å². The van der Waals surface area contributed by atoms with E-state index < -0.39 is 0 Å². The zero-order chi connectivity index (χ0) is 85.8. The predicted octanol–water partition coefficient (Wildman–Crippen LogP) is 51.7. The summed E-state index contributed by atoms with van der Waals surface area (Å²) in [5.74, 6) is 5.77. The molecule has 5 aliphatic carbocycles. The molecule has 7 heteroatoms. The lowest BCUT2D eigenvalue weighted by Crippen LogP contribution is -2.44. The molecule has 0 spiro atoms. The largest absolute Gasteiger partial charge is 0.309 e. The van der Waals surface area contributed by atoms with Crippen molar-refractivity contribution in [1.82, 2.24) is 19.8 Å². The summed E-state index contributed by atoms with van der Waals surface area (Å²) in [6, 6.07) is 1.54. The first kappa shape index (κ1) is 262. The topological polar surface area (TPSA) is 37.7 Å². The Hall–Kier alpha value is -2.14. The van der Waals surface area contributed by atoms with Gasteiger partial charge in [-0.15, -0.1) is 11.8 Å².